The summed E-state index contributed by atoms with van der Waals surface area (Å²) in [7, 11) is 0. The Morgan fingerprint density at radius 3 is 1.94 bits per heavy atom. The summed E-state index contributed by atoms with van der Waals surface area (Å²) in [6.45, 7) is 9.95. The Morgan fingerprint density at radius 1 is 0.875 bits per heavy atom. The Balaban J connectivity index is 1.67. The highest BCUT2D eigenvalue weighted by Crippen LogP contribution is 2.63. The highest BCUT2D eigenvalue weighted by molar-refractivity contribution is 5.97. The van der Waals surface area contributed by atoms with E-state index in [-0.39, 0.29) is 26.4 Å². The molecular formula is C26H28O6. The van der Waals surface area contributed by atoms with Crippen molar-refractivity contribution in [3.05, 3.63) is 60.7 Å². The summed E-state index contributed by atoms with van der Waals surface area (Å²) < 4.78 is 22.6. The standard InChI is InChI=1S/C26H28O6/c1-4-21(27)29-10-12-31-25-18-8-6-7-9-19(18)26(32-13-11-30-22(28)5-2)24-20-15-17(23(24)25)14-16(20)3/h4-9,16-17,20H,1-2,10-15H2,3H3. The Kier molecular flexibility index (Phi) is 6.49. The number of carbonyl (C=O) groups is 2. The molecule has 2 aliphatic rings. The van der Waals surface area contributed by atoms with Crippen LogP contribution in [0.1, 0.15) is 42.7 Å². The van der Waals surface area contributed by atoms with Gasteiger partial charge >= 0.3 is 11.9 Å². The first-order chi connectivity index (χ1) is 15.5. The van der Waals surface area contributed by atoms with Crippen LogP contribution in [0.5, 0.6) is 11.5 Å². The van der Waals surface area contributed by atoms with Crippen molar-refractivity contribution in [2.75, 3.05) is 26.4 Å². The molecule has 3 unspecified atom stereocenters. The van der Waals surface area contributed by atoms with Gasteiger partial charge in [0.15, 0.2) is 0 Å². The third-order valence-electron chi connectivity index (χ3n) is 6.34. The van der Waals surface area contributed by atoms with Crippen LogP contribution < -0.4 is 9.47 Å². The molecule has 0 heterocycles. The zero-order valence-electron chi connectivity index (χ0n) is 18.3. The summed E-state index contributed by atoms with van der Waals surface area (Å²) in [6, 6.07) is 8.01. The topological polar surface area (TPSA) is 71.1 Å². The molecule has 3 atom stereocenters. The number of fused-ring (bicyclic) bond motifs is 6. The fourth-order valence-corrected chi connectivity index (χ4v) is 5.07. The monoisotopic (exact) mass is 436 g/mol. The van der Waals surface area contributed by atoms with E-state index in [0.717, 1.165) is 47.3 Å². The maximum Gasteiger partial charge on any atom is 0.330 e. The number of hydrogen-bond donors (Lipinski definition) is 0. The zero-order valence-corrected chi connectivity index (χ0v) is 18.3. The summed E-state index contributed by atoms with van der Waals surface area (Å²) in [4.78, 5) is 22.7. The lowest BCUT2D eigenvalue weighted by atomic mass is 9.82. The van der Waals surface area contributed by atoms with E-state index in [2.05, 4.69) is 20.1 Å². The Hall–Kier alpha value is -3.28. The lowest BCUT2D eigenvalue weighted by Crippen LogP contribution is -2.16. The van der Waals surface area contributed by atoms with E-state index < -0.39 is 11.9 Å². The largest absolute Gasteiger partial charge is 0.489 e. The van der Waals surface area contributed by atoms with Crippen LogP contribution in [0, 0.1) is 5.92 Å². The molecular weight excluding hydrogens is 408 g/mol. The minimum Gasteiger partial charge on any atom is -0.489 e. The number of rotatable bonds is 10. The first-order valence-corrected chi connectivity index (χ1v) is 11.0. The summed E-state index contributed by atoms with van der Waals surface area (Å²) in [5.74, 6) is 2.18. The second kappa shape index (κ2) is 9.47. The number of hydrogen-bond acceptors (Lipinski definition) is 6. The fourth-order valence-electron chi connectivity index (χ4n) is 5.07. The molecule has 2 aromatic carbocycles. The van der Waals surface area contributed by atoms with Gasteiger partial charge < -0.3 is 18.9 Å². The van der Waals surface area contributed by atoms with E-state index in [9.17, 15) is 9.59 Å². The first-order valence-electron chi connectivity index (χ1n) is 11.0. The Bertz CT molecular complexity index is 1060. The number of esters is 2. The predicted octanol–water partition coefficient (Wildman–Crippen LogP) is 4.67. The van der Waals surface area contributed by atoms with Crippen molar-refractivity contribution < 1.29 is 28.5 Å². The zero-order chi connectivity index (χ0) is 22.7. The van der Waals surface area contributed by atoms with E-state index >= 15 is 0 Å². The van der Waals surface area contributed by atoms with Gasteiger partial charge in [0, 0.05) is 34.1 Å². The number of benzene rings is 2. The molecule has 0 amide bonds. The molecule has 2 aliphatic carbocycles. The third kappa shape index (κ3) is 4.09. The van der Waals surface area contributed by atoms with Gasteiger partial charge in [-0.25, -0.2) is 9.59 Å². The second-order valence-electron chi connectivity index (χ2n) is 8.22. The molecule has 0 N–H and O–H groups in total. The number of carbonyl (C=O) groups excluding carboxylic acids is 2. The van der Waals surface area contributed by atoms with Crippen molar-refractivity contribution >= 4 is 22.7 Å². The van der Waals surface area contributed by atoms with Crippen LogP contribution >= 0.6 is 0 Å². The van der Waals surface area contributed by atoms with Gasteiger partial charge in [-0.1, -0.05) is 44.3 Å². The third-order valence-corrected chi connectivity index (χ3v) is 6.34. The van der Waals surface area contributed by atoms with Crippen molar-refractivity contribution in [1.82, 2.24) is 0 Å². The maximum absolute atomic E-state index is 11.4. The molecule has 168 valence electrons. The first kappa shape index (κ1) is 21.9. The molecule has 0 aromatic heterocycles. The average Bonchev–Trinajstić information content (AvgIpc) is 3.37. The van der Waals surface area contributed by atoms with Gasteiger partial charge in [-0.05, 0) is 30.6 Å². The van der Waals surface area contributed by atoms with Crippen LogP contribution in [0.25, 0.3) is 10.8 Å². The van der Waals surface area contributed by atoms with E-state index in [1.807, 2.05) is 24.3 Å². The molecule has 4 rings (SSSR count). The van der Waals surface area contributed by atoms with Gasteiger partial charge in [0.25, 0.3) is 0 Å². The van der Waals surface area contributed by atoms with Crippen LogP contribution in [0.2, 0.25) is 0 Å². The molecule has 6 heteroatoms. The predicted molar refractivity (Wildman–Crippen MR) is 121 cm³/mol. The SMILES string of the molecule is C=CC(=O)OCCOc1c2c(c(OCCOC(=O)C=C)c3ccccc13)C1CC2CC1C. The van der Waals surface area contributed by atoms with Crippen LogP contribution in [0.4, 0.5) is 0 Å². The fraction of sp³-hybridized carbons (Fsp3) is 0.385. The summed E-state index contributed by atoms with van der Waals surface area (Å²) >= 11 is 0. The van der Waals surface area contributed by atoms with Gasteiger partial charge in [-0.3, -0.25) is 0 Å². The Morgan fingerprint density at radius 2 is 1.41 bits per heavy atom. The minimum atomic E-state index is -0.461. The van der Waals surface area contributed by atoms with Gasteiger partial charge in [0.1, 0.15) is 37.9 Å². The molecule has 2 bridgehead atoms. The summed E-state index contributed by atoms with van der Waals surface area (Å²) in [6.07, 6.45) is 4.49. The number of ether oxygens (including phenoxy) is 4. The van der Waals surface area contributed by atoms with E-state index in [1.165, 1.54) is 11.1 Å². The minimum absolute atomic E-state index is 0.157. The lowest BCUT2D eigenvalue weighted by molar-refractivity contribution is -0.139. The van der Waals surface area contributed by atoms with E-state index in [0.29, 0.717) is 17.8 Å². The van der Waals surface area contributed by atoms with E-state index in [1.54, 1.807) is 0 Å². The molecule has 32 heavy (non-hydrogen) atoms. The van der Waals surface area contributed by atoms with Crippen LogP contribution in [-0.2, 0) is 19.1 Å². The molecule has 1 fully saturated rings. The van der Waals surface area contributed by atoms with Crippen LogP contribution in [0.3, 0.4) is 0 Å². The quantitative estimate of drug-likeness (QED) is 0.306. The van der Waals surface area contributed by atoms with E-state index in [4.69, 9.17) is 18.9 Å². The molecule has 0 aliphatic heterocycles. The second-order valence-corrected chi connectivity index (χ2v) is 8.22. The molecule has 0 radical (unpaired) electrons. The van der Waals surface area contributed by atoms with Crippen molar-refractivity contribution in [2.24, 2.45) is 5.92 Å². The summed E-state index contributed by atoms with van der Waals surface area (Å²) in [5, 5.41) is 1.94. The summed E-state index contributed by atoms with van der Waals surface area (Å²) in [5.41, 5.74) is 2.42. The van der Waals surface area contributed by atoms with Crippen molar-refractivity contribution in [3.63, 3.8) is 0 Å². The Labute approximate surface area is 187 Å². The highest BCUT2D eigenvalue weighted by Gasteiger charge is 2.46. The normalized spacial score (nSPS) is 20.5. The maximum atomic E-state index is 11.4. The molecule has 6 nitrogen and oxygen atoms in total. The van der Waals surface area contributed by atoms with Crippen LogP contribution in [-0.4, -0.2) is 38.4 Å². The molecule has 0 spiro atoms. The van der Waals surface area contributed by atoms with Crippen LogP contribution in [0.15, 0.2) is 49.6 Å². The van der Waals surface area contributed by atoms with Gasteiger partial charge in [-0.2, -0.15) is 0 Å². The average molecular weight is 437 g/mol. The highest BCUT2D eigenvalue weighted by atomic mass is 16.6. The smallest absolute Gasteiger partial charge is 0.330 e. The molecule has 0 saturated heterocycles. The lowest BCUT2D eigenvalue weighted by Gasteiger charge is -2.28. The van der Waals surface area contributed by atoms with Crippen molar-refractivity contribution in [2.45, 2.75) is 31.6 Å². The van der Waals surface area contributed by atoms with Crippen molar-refractivity contribution in [1.29, 1.82) is 0 Å². The van der Waals surface area contributed by atoms with Crippen molar-refractivity contribution in [3.8, 4) is 11.5 Å². The van der Waals surface area contributed by atoms with Gasteiger partial charge in [0.2, 0.25) is 0 Å². The van der Waals surface area contributed by atoms with Gasteiger partial charge in [-0.15, -0.1) is 0 Å². The molecule has 1 saturated carbocycles. The molecule has 2 aromatic rings. The van der Waals surface area contributed by atoms with Gasteiger partial charge in [0.05, 0.1) is 0 Å².